The molecule has 2 aliphatic heterocycles. The minimum absolute atomic E-state index is 0.0454. The summed E-state index contributed by atoms with van der Waals surface area (Å²) in [4.78, 5) is 37.1. The Morgan fingerprint density at radius 2 is 1.79 bits per heavy atom. The molecule has 0 aromatic rings. The summed E-state index contributed by atoms with van der Waals surface area (Å²) in [5, 5.41) is 39.9. The second kappa shape index (κ2) is 9.98. The Hall–Kier alpha value is -2.55. The highest BCUT2D eigenvalue weighted by molar-refractivity contribution is 5.95. The summed E-state index contributed by atoms with van der Waals surface area (Å²) < 4.78 is 31.8. The van der Waals surface area contributed by atoms with Crippen LogP contribution in [0.2, 0.25) is 0 Å². The van der Waals surface area contributed by atoms with Crippen molar-refractivity contribution < 1.29 is 63.2 Å². The van der Waals surface area contributed by atoms with Crippen molar-refractivity contribution in [1.82, 2.24) is 0 Å². The smallest absolute Gasteiger partial charge is 0.341 e. The third-order valence-corrected chi connectivity index (χ3v) is 6.22. The molecule has 0 amide bonds. The van der Waals surface area contributed by atoms with Crippen LogP contribution in [0.5, 0.6) is 0 Å². The van der Waals surface area contributed by atoms with Gasteiger partial charge in [0, 0.05) is 18.9 Å². The molecular formula is C21H28O13. The molecule has 2 heterocycles. The monoisotopic (exact) mass is 488 g/mol. The molecule has 8 unspecified atom stereocenters. The molecule has 190 valence electrons. The van der Waals surface area contributed by atoms with Crippen molar-refractivity contribution >= 4 is 17.9 Å². The molecule has 13 heteroatoms. The van der Waals surface area contributed by atoms with E-state index >= 15 is 0 Å². The van der Waals surface area contributed by atoms with Crippen LogP contribution in [-0.2, 0) is 42.8 Å². The average molecular weight is 488 g/mol. The summed E-state index contributed by atoms with van der Waals surface area (Å²) in [6.45, 7) is 1.89. The number of carbonyl (C=O) groups excluding carboxylic acids is 3. The fourth-order valence-electron chi connectivity index (χ4n) is 4.39. The number of ether oxygens (including phenoxy) is 6. The molecule has 0 radical (unpaired) electrons. The van der Waals surface area contributed by atoms with Crippen LogP contribution in [0.15, 0.2) is 23.0 Å². The Morgan fingerprint density at radius 3 is 2.35 bits per heavy atom. The fraction of sp³-hybridized carbons (Fsp3) is 0.667. The van der Waals surface area contributed by atoms with Crippen LogP contribution in [-0.4, -0.2) is 102 Å². The van der Waals surface area contributed by atoms with Crippen molar-refractivity contribution in [1.29, 1.82) is 0 Å². The third-order valence-electron chi connectivity index (χ3n) is 6.22. The zero-order valence-electron chi connectivity index (χ0n) is 19.0. The Kier molecular flexibility index (Phi) is 7.65. The normalized spacial score (nSPS) is 37.3. The summed E-state index contributed by atoms with van der Waals surface area (Å²) in [6, 6.07) is 0. The van der Waals surface area contributed by atoms with E-state index in [0.29, 0.717) is 0 Å². The second-order valence-electron chi connectivity index (χ2n) is 8.21. The van der Waals surface area contributed by atoms with Gasteiger partial charge in [-0.15, -0.1) is 0 Å². The summed E-state index contributed by atoms with van der Waals surface area (Å²) >= 11 is 0. The quantitative estimate of drug-likeness (QED) is 0.238. The maximum Gasteiger partial charge on any atom is 0.341 e. The molecule has 0 saturated carbocycles. The van der Waals surface area contributed by atoms with Gasteiger partial charge in [0.05, 0.1) is 26.4 Å². The molecule has 13 nitrogen and oxygen atoms in total. The van der Waals surface area contributed by atoms with Gasteiger partial charge in [-0.3, -0.25) is 9.59 Å². The van der Waals surface area contributed by atoms with Gasteiger partial charge in [-0.05, 0) is 12.5 Å². The van der Waals surface area contributed by atoms with E-state index < -0.39 is 73.0 Å². The lowest BCUT2D eigenvalue weighted by atomic mass is 9.79. The second-order valence-corrected chi connectivity index (χ2v) is 8.21. The minimum atomic E-state index is -1.76. The van der Waals surface area contributed by atoms with E-state index in [0.717, 1.165) is 27.4 Å². The van der Waals surface area contributed by atoms with Gasteiger partial charge in [0.1, 0.15) is 42.2 Å². The predicted octanol–water partition coefficient (Wildman–Crippen LogP) is -1.97. The number of hydrogen-bond donors (Lipinski definition) is 4. The van der Waals surface area contributed by atoms with Crippen LogP contribution < -0.4 is 0 Å². The van der Waals surface area contributed by atoms with Crippen LogP contribution in [0.4, 0.5) is 0 Å². The molecule has 0 bridgehead atoms. The van der Waals surface area contributed by atoms with E-state index in [2.05, 4.69) is 0 Å². The SMILES string of the molecule is COC(=O)C1=COC(OC2OC(CO)C(O)C(O)C2O)C2=C1CC(OC(C)=O)C2(C)C(=O)OC. The summed E-state index contributed by atoms with van der Waals surface area (Å²) in [5.41, 5.74) is -1.42. The van der Waals surface area contributed by atoms with Gasteiger partial charge in [-0.1, -0.05) is 0 Å². The number of hydrogen-bond acceptors (Lipinski definition) is 13. The maximum absolute atomic E-state index is 12.9. The van der Waals surface area contributed by atoms with Gasteiger partial charge in [0.25, 0.3) is 0 Å². The first kappa shape index (κ1) is 26.1. The Labute approximate surface area is 194 Å². The molecule has 4 N–H and O–H groups in total. The first-order chi connectivity index (χ1) is 16.0. The minimum Gasteiger partial charge on any atom is -0.468 e. The topological polar surface area (TPSA) is 188 Å². The molecule has 0 aromatic heterocycles. The van der Waals surface area contributed by atoms with Crippen LogP contribution >= 0.6 is 0 Å². The molecule has 34 heavy (non-hydrogen) atoms. The fourth-order valence-corrected chi connectivity index (χ4v) is 4.39. The lowest BCUT2D eigenvalue weighted by Gasteiger charge is -2.42. The van der Waals surface area contributed by atoms with Crippen LogP contribution in [0, 0.1) is 5.41 Å². The van der Waals surface area contributed by atoms with E-state index in [-0.39, 0.29) is 23.1 Å². The van der Waals surface area contributed by atoms with Crippen molar-refractivity contribution in [3.63, 3.8) is 0 Å². The first-order valence-corrected chi connectivity index (χ1v) is 10.4. The Morgan fingerprint density at radius 1 is 1.12 bits per heavy atom. The molecule has 1 fully saturated rings. The van der Waals surface area contributed by atoms with Gasteiger partial charge in [0.2, 0.25) is 6.29 Å². The van der Waals surface area contributed by atoms with E-state index in [1.807, 2.05) is 0 Å². The standard InChI is InChI=1S/C21H28O13/c1-8(23)32-12-5-9-10(17(27)29-3)7-31-18(13(9)21(12,2)20(28)30-4)34-19-16(26)15(25)14(24)11(6-22)33-19/h7,11-12,14-16,18-19,22,24-26H,5-6H2,1-4H3. The van der Waals surface area contributed by atoms with Gasteiger partial charge < -0.3 is 48.8 Å². The van der Waals surface area contributed by atoms with Crippen molar-refractivity contribution in [3.05, 3.63) is 23.0 Å². The summed E-state index contributed by atoms with van der Waals surface area (Å²) in [6.07, 6.45) is -9.60. The van der Waals surface area contributed by atoms with Crippen LogP contribution in [0.3, 0.4) is 0 Å². The lowest BCUT2D eigenvalue weighted by Crippen LogP contribution is -2.60. The highest BCUT2D eigenvalue weighted by Gasteiger charge is 2.59. The number of esters is 3. The van der Waals surface area contributed by atoms with Gasteiger partial charge >= 0.3 is 17.9 Å². The molecule has 0 spiro atoms. The number of aliphatic hydroxyl groups excluding tert-OH is 4. The molecular weight excluding hydrogens is 460 g/mol. The zero-order chi connectivity index (χ0) is 25.4. The zero-order valence-corrected chi connectivity index (χ0v) is 19.0. The highest BCUT2D eigenvalue weighted by atomic mass is 16.8. The third kappa shape index (κ3) is 4.30. The van der Waals surface area contributed by atoms with Crippen LogP contribution in [0.1, 0.15) is 20.3 Å². The van der Waals surface area contributed by atoms with Gasteiger partial charge in [0.15, 0.2) is 6.29 Å². The van der Waals surface area contributed by atoms with Crippen molar-refractivity contribution in [2.45, 2.75) is 63.4 Å². The molecule has 1 saturated heterocycles. The van der Waals surface area contributed by atoms with Crippen molar-refractivity contribution in [2.24, 2.45) is 5.41 Å². The molecule has 8 atom stereocenters. The first-order valence-electron chi connectivity index (χ1n) is 10.4. The average Bonchev–Trinajstić information content (AvgIpc) is 3.11. The van der Waals surface area contributed by atoms with Crippen molar-refractivity contribution in [2.75, 3.05) is 20.8 Å². The number of rotatable bonds is 6. The lowest BCUT2D eigenvalue weighted by molar-refractivity contribution is -0.328. The number of aliphatic hydroxyl groups is 4. The van der Waals surface area contributed by atoms with Crippen molar-refractivity contribution in [3.8, 4) is 0 Å². The van der Waals surface area contributed by atoms with E-state index in [1.54, 1.807) is 0 Å². The van der Waals surface area contributed by atoms with E-state index in [1.165, 1.54) is 6.92 Å². The summed E-state index contributed by atoms with van der Waals surface area (Å²) in [7, 11) is 2.28. The highest BCUT2D eigenvalue weighted by Crippen LogP contribution is 2.52. The van der Waals surface area contributed by atoms with Gasteiger partial charge in [-0.2, -0.15) is 0 Å². The van der Waals surface area contributed by atoms with Crippen LogP contribution in [0.25, 0.3) is 0 Å². The molecule has 1 aliphatic carbocycles. The van der Waals surface area contributed by atoms with Gasteiger partial charge in [-0.25, -0.2) is 4.79 Å². The van der Waals surface area contributed by atoms with E-state index in [9.17, 15) is 34.8 Å². The molecule has 3 aliphatic rings. The summed E-state index contributed by atoms with van der Waals surface area (Å²) in [5.74, 6) is -2.29. The number of methoxy groups -OCH3 is 2. The Bertz CT molecular complexity index is 893. The Balaban J connectivity index is 2.04. The number of carbonyl (C=O) groups is 3. The molecule has 0 aromatic carbocycles. The maximum atomic E-state index is 12.9. The largest absolute Gasteiger partial charge is 0.468 e. The van der Waals surface area contributed by atoms with E-state index in [4.69, 9.17) is 28.4 Å². The predicted molar refractivity (Wildman–Crippen MR) is 107 cm³/mol. The molecule has 3 rings (SSSR count).